The SMILES string of the molecule is CC[I-]C1CCCC1. The molecule has 0 unspecified atom stereocenters. The molecular formula is C7H14I-. The van der Waals surface area contributed by atoms with E-state index in [1.54, 1.807) is 12.8 Å². The second kappa shape index (κ2) is 3.70. The van der Waals surface area contributed by atoms with Gasteiger partial charge in [-0.05, 0) is 0 Å². The van der Waals surface area contributed by atoms with Gasteiger partial charge in [0.25, 0.3) is 0 Å². The van der Waals surface area contributed by atoms with E-state index in [9.17, 15) is 0 Å². The molecule has 1 aliphatic rings. The fraction of sp³-hybridized carbons (Fsp3) is 1.00. The van der Waals surface area contributed by atoms with Crippen molar-refractivity contribution in [1.82, 2.24) is 0 Å². The van der Waals surface area contributed by atoms with Crippen molar-refractivity contribution in [3.63, 3.8) is 0 Å². The van der Waals surface area contributed by atoms with Gasteiger partial charge in [0.1, 0.15) is 0 Å². The first-order valence-electron chi connectivity index (χ1n) is 3.51. The second-order valence-corrected chi connectivity index (χ2v) is 6.47. The summed E-state index contributed by atoms with van der Waals surface area (Å²) in [6, 6.07) is 0. The number of hydrogen-bond donors (Lipinski definition) is 0. The molecule has 8 heavy (non-hydrogen) atoms. The molecule has 0 bridgehead atoms. The molecule has 0 atom stereocenters. The number of hydrogen-bond acceptors (Lipinski definition) is 0. The molecular weight excluding hydrogens is 211 g/mol. The zero-order chi connectivity index (χ0) is 5.82. The predicted molar refractivity (Wildman–Crippen MR) is 32.8 cm³/mol. The molecule has 0 spiro atoms. The monoisotopic (exact) mass is 225 g/mol. The topological polar surface area (TPSA) is 0 Å². The van der Waals surface area contributed by atoms with Crippen molar-refractivity contribution < 1.29 is 21.2 Å². The zero-order valence-corrected chi connectivity index (χ0v) is 7.65. The van der Waals surface area contributed by atoms with E-state index in [4.69, 9.17) is 0 Å². The van der Waals surface area contributed by atoms with Gasteiger partial charge in [-0.2, -0.15) is 0 Å². The quantitative estimate of drug-likeness (QED) is 0.419. The van der Waals surface area contributed by atoms with E-state index >= 15 is 0 Å². The van der Waals surface area contributed by atoms with Crippen LogP contribution in [0.2, 0.25) is 0 Å². The van der Waals surface area contributed by atoms with Gasteiger partial charge in [-0.15, -0.1) is 0 Å². The van der Waals surface area contributed by atoms with Gasteiger partial charge in [-0.25, -0.2) is 0 Å². The maximum absolute atomic E-state index is 2.34. The fourth-order valence-electron chi connectivity index (χ4n) is 1.25. The number of halogens is 1. The van der Waals surface area contributed by atoms with Gasteiger partial charge < -0.3 is 0 Å². The van der Waals surface area contributed by atoms with Crippen molar-refractivity contribution in [2.45, 2.75) is 36.5 Å². The molecule has 0 aromatic carbocycles. The van der Waals surface area contributed by atoms with Crippen LogP contribution < -0.4 is 21.2 Å². The Kier molecular flexibility index (Phi) is 3.16. The van der Waals surface area contributed by atoms with Gasteiger partial charge in [0.05, 0.1) is 0 Å². The van der Waals surface area contributed by atoms with Crippen molar-refractivity contribution in [3.8, 4) is 0 Å². The average Bonchev–Trinajstić information content (AvgIpc) is 2.19. The molecule has 1 rings (SSSR count). The fourth-order valence-corrected chi connectivity index (χ4v) is 4.26. The summed E-state index contributed by atoms with van der Waals surface area (Å²) in [4.78, 5) is 0. The summed E-state index contributed by atoms with van der Waals surface area (Å²) in [7, 11) is 0. The molecule has 0 aromatic heterocycles. The third-order valence-corrected chi connectivity index (χ3v) is 5.03. The van der Waals surface area contributed by atoms with E-state index in [0.29, 0.717) is 21.2 Å². The number of alkyl halides is 2. The van der Waals surface area contributed by atoms with E-state index in [2.05, 4.69) is 6.92 Å². The van der Waals surface area contributed by atoms with Crippen LogP contribution in [-0.4, -0.2) is 8.35 Å². The summed E-state index contributed by atoms with van der Waals surface area (Å²) in [6.45, 7) is 2.34. The predicted octanol–water partition coefficient (Wildman–Crippen LogP) is -0.962. The second-order valence-electron chi connectivity index (χ2n) is 2.30. The molecule has 1 saturated carbocycles. The van der Waals surface area contributed by atoms with Crippen LogP contribution in [0.1, 0.15) is 32.6 Å². The average molecular weight is 225 g/mol. The van der Waals surface area contributed by atoms with Crippen molar-refractivity contribution in [3.05, 3.63) is 0 Å². The molecule has 0 N–H and O–H groups in total. The standard InChI is InChI=1S/C7H14I/c1-2-8-7-5-3-4-6-7/h7H,2-6H2,1H3/q-1. The summed E-state index contributed by atoms with van der Waals surface area (Å²) in [6.07, 6.45) is 6.21. The molecule has 0 saturated heterocycles. The maximum atomic E-state index is 2.34. The van der Waals surface area contributed by atoms with Crippen LogP contribution in [0, 0.1) is 0 Å². The summed E-state index contributed by atoms with van der Waals surface area (Å²) >= 11 is 0.624. The Balaban J connectivity index is 2.06. The molecule has 0 aliphatic heterocycles. The van der Waals surface area contributed by atoms with E-state index in [1.165, 1.54) is 21.2 Å². The van der Waals surface area contributed by atoms with E-state index in [1.807, 2.05) is 0 Å². The first-order chi connectivity index (χ1) is 3.93. The van der Waals surface area contributed by atoms with Gasteiger partial charge >= 0.3 is 62.2 Å². The van der Waals surface area contributed by atoms with Crippen LogP contribution in [0.4, 0.5) is 0 Å². The Morgan fingerprint density at radius 2 is 2.00 bits per heavy atom. The molecule has 0 heterocycles. The van der Waals surface area contributed by atoms with Gasteiger partial charge in [0, 0.05) is 0 Å². The van der Waals surface area contributed by atoms with Crippen molar-refractivity contribution in [1.29, 1.82) is 0 Å². The molecule has 1 fully saturated rings. The summed E-state index contributed by atoms with van der Waals surface area (Å²) in [5, 5.41) is 0. The Morgan fingerprint density at radius 1 is 1.38 bits per heavy atom. The van der Waals surface area contributed by atoms with Gasteiger partial charge in [0.15, 0.2) is 0 Å². The first kappa shape index (κ1) is 6.84. The van der Waals surface area contributed by atoms with Crippen LogP contribution in [0.5, 0.6) is 0 Å². The van der Waals surface area contributed by atoms with Gasteiger partial charge in [-0.3, -0.25) is 0 Å². The van der Waals surface area contributed by atoms with Crippen LogP contribution >= 0.6 is 0 Å². The number of rotatable bonds is 2. The minimum atomic E-state index is 0.624. The van der Waals surface area contributed by atoms with Crippen molar-refractivity contribution >= 4 is 0 Å². The van der Waals surface area contributed by atoms with Crippen LogP contribution in [0.25, 0.3) is 0 Å². The summed E-state index contributed by atoms with van der Waals surface area (Å²) in [5.41, 5.74) is 0. The molecule has 50 valence electrons. The molecule has 0 radical (unpaired) electrons. The van der Waals surface area contributed by atoms with Crippen molar-refractivity contribution in [2.24, 2.45) is 0 Å². The van der Waals surface area contributed by atoms with Crippen molar-refractivity contribution in [2.75, 3.05) is 4.43 Å². The summed E-state index contributed by atoms with van der Waals surface area (Å²) in [5.74, 6) is 0. The molecule has 0 aromatic rings. The van der Waals surface area contributed by atoms with Crippen LogP contribution in [0.3, 0.4) is 0 Å². The zero-order valence-electron chi connectivity index (χ0n) is 5.49. The van der Waals surface area contributed by atoms with Crippen LogP contribution in [-0.2, 0) is 0 Å². The van der Waals surface area contributed by atoms with Gasteiger partial charge in [-0.1, -0.05) is 0 Å². The minimum absolute atomic E-state index is 0.624. The third-order valence-electron chi connectivity index (χ3n) is 1.66. The van der Waals surface area contributed by atoms with Crippen LogP contribution in [0.15, 0.2) is 0 Å². The Morgan fingerprint density at radius 3 is 2.50 bits per heavy atom. The van der Waals surface area contributed by atoms with E-state index in [0.717, 1.165) is 0 Å². The molecule has 1 heteroatoms. The van der Waals surface area contributed by atoms with E-state index in [-0.39, 0.29) is 0 Å². The Labute approximate surface area is 62.3 Å². The first-order valence-corrected chi connectivity index (χ1v) is 6.28. The molecule has 0 amide bonds. The third kappa shape index (κ3) is 1.92. The normalized spacial score (nSPS) is 22.6. The van der Waals surface area contributed by atoms with E-state index < -0.39 is 0 Å². The Bertz CT molecular complexity index is 55.4. The Hall–Kier alpha value is 0.730. The molecule has 0 nitrogen and oxygen atoms in total. The van der Waals surface area contributed by atoms with Gasteiger partial charge in [0.2, 0.25) is 0 Å². The summed E-state index contributed by atoms with van der Waals surface area (Å²) < 4.78 is 2.72. The molecule has 1 aliphatic carbocycles.